The Hall–Kier alpha value is -4.08. The molecule has 3 aromatic carbocycles. The number of hydrogen-bond acceptors (Lipinski definition) is 8. The number of nitrogens with one attached hydrogen (secondary N) is 2. The summed E-state index contributed by atoms with van der Waals surface area (Å²) in [5.41, 5.74) is 9.56. The minimum Gasteiger partial charge on any atom is -0.497 e. The number of hydrazine groups is 1. The average Bonchev–Trinajstić information content (AvgIpc) is 3.52. The van der Waals surface area contributed by atoms with Gasteiger partial charge in [0.1, 0.15) is 23.3 Å². The average molecular weight is 532 g/mol. The molecule has 3 aromatic rings. The van der Waals surface area contributed by atoms with E-state index in [0.29, 0.717) is 29.4 Å². The van der Waals surface area contributed by atoms with Gasteiger partial charge in [0.05, 0.1) is 45.1 Å². The molecule has 5 rings (SSSR count). The first-order valence-corrected chi connectivity index (χ1v) is 13.1. The molecule has 4 unspecified atom stereocenters. The fourth-order valence-electron chi connectivity index (χ4n) is 5.54. The molecule has 4 atom stereocenters. The minimum atomic E-state index is -0.493. The molecule has 0 aromatic heterocycles. The maximum Gasteiger partial charge on any atom is 0.338 e. The van der Waals surface area contributed by atoms with Gasteiger partial charge in [0, 0.05) is 17.2 Å². The van der Waals surface area contributed by atoms with Crippen LogP contribution >= 0.6 is 0 Å². The van der Waals surface area contributed by atoms with Gasteiger partial charge in [-0.05, 0) is 74.0 Å². The quantitative estimate of drug-likeness (QED) is 0.397. The van der Waals surface area contributed by atoms with E-state index in [4.69, 9.17) is 18.9 Å². The lowest BCUT2D eigenvalue weighted by Crippen LogP contribution is -2.41. The molecule has 9 nitrogen and oxygen atoms in total. The van der Waals surface area contributed by atoms with E-state index in [1.165, 1.54) is 0 Å². The zero-order valence-corrected chi connectivity index (χ0v) is 22.5. The largest absolute Gasteiger partial charge is 0.497 e. The van der Waals surface area contributed by atoms with E-state index in [1.54, 1.807) is 50.3 Å². The first-order valence-electron chi connectivity index (χ1n) is 13.1. The lowest BCUT2D eigenvalue weighted by Gasteiger charge is -2.32. The van der Waals surface area contributed by atoms with Crippen molar-refractivity contribution < 1.29 is 28.5 Å². The molecule has 0 aliphatic carbocycles. The molecule has 0 bridgehead atoms. The molecule has 2 N–H and O–H groups in total. The summed E-state index contributed by atoms with van der Waals surface area (Å²) < 4.78 is 22.1. The number of nitrogens with zero attached hydrogens (tertiary/aromatic N) is 1. The van der Waals surface area contributed by atoms with Gasteiger partial charge in [-0.3, -0.25) is 4.79 Å². The Morgan fingerprint density at radius 2 is 1.54 bits per heavy atom. The van der Waals surface area contributed by atoms with Gasteiger partial charge in [0.15, 0.2) is 0 Å². The monoisotopic (exact) mass is 531 g/mol. The minimum absolute atomic E-state index is 0.0836. The second-order valence-corrected chi connectivity index (χ2v) is 9.35. The maximum absolute atomic E-state index is 14.0. The summed E-state index contributed by atoms with van der Waals surface area (Å²) in [6, 6.07) is 19.4. The first kappa shape index (κ1) is 26.5. The van der Waals surface area contributed by atoms with Gasteiger partial charge in [-0.1, -0.05) is 12.1 Å². The summed E-state index contributed by atoms with van der Waals surface area (Å²) >= 11 is 0. The third kappa shape index (κ3) is 4.91. The van der Waals surface area contributed by atoms with Crippen LogP contribution in [0.3, 0.4) is 0 Å². The lowest BCUT2D eigenvalue weighted by molar-refractivity contribution is -0.119. The zero-order valence-electron chi connectivity index (χ0n) is 22.5. The van der Waals surface area contributed by atoms with Gasteiger partial charge in [-0.2, -0.15) is 0 Å². The molecule has 2 aliphatic heterocycles. The van der Waals surface area contributed by atoms with Crippen LogP contribution in [-0.4, -0.2) is 45.4 Å². The van der Waals surface area contributed by atoms with Crippen LogP contribution in [0.15, 0.2) is 66.7 Å². The van der Waals surface area contributed by atoms with E-state index in [1.807, 2.05) is 49.4 Å². The fourth-order valence-corrected chi connectivity index (χ4v) is 5.54. The van der Waals surface area contributed by atoms with Crippen LogP contribution < -0.4 is 30.0 Å². The van der Waals surface area contributed by atoms with Gasteiger partial charge in [0.2, 0.25) is 5.91 Å². The topological polar surface area (TPSA) is 98.4 Å². The molecule has 2 saturated heterocycles. The molecule has 2 aliphatic rings. The molecule has 39 heavy (non-hydrogen) atoms. The summed E-state index contributed by atoms with van der Waals surface area (Å²) in [6.45, 7) is 4.59. The summed E-state index contributed by atoms with van der Waals surface area (Å²) in [5.74, 6) is 1.43. The summed E-state index contributed by atoms with van der Waals surface area (Å²) in [7, 11) is 3.23. The van der Waals surface area contributed by atoms with E-state index >= 15 is 0 Å². The van der Waals surface area contributed by atoms with Crippen molar-refractivity contribution in [3.05, 3.63) is 83.4 Å². The van der Waals surface area contributed by atoms with Gasteiger partial charge in [0.25, 0.3) is 0 Å². The second-order valence-electron chi connectivity index (χ2n) is 9.35. The van der Waals surface area contributed by atoms with Crippen molar-refractivity contribution in [3.63, 3.8) is 0 Å². The molecule has 0 spiro atoms. The number of esters is 1. The van der Waals surface area contributed by atoms with Crippen LogP contribution in [0.4, 0.5) is 5.69 Å². The number of rotatable bonds is 9. The van der Waals surface area contributed by atoms with Crippen LogP contribution in [0, 0.1) is 5.92 Å². The van der Waals surface area contributed by atoms with Crippen LogP contribution in [0.25, 0.3) is 0 Å². The van der Waals surface area contributed by atoms with E-state index in [9.17, 15) is 9.59 Å². The van der Waals surface area contributed by atoms with Crippen molar-refractivity contribution in [2.24, 2.45) is 5.92 Å². The summed E-state index contributed by atoms with van der Waals surface area (Å²) in [6.07, 6.45) is 0. The normalized spacial score (nSPS) is 21.9. The van der Waals surface area contributed by atoms with E-state index in [-0.39, 0.29) is 24.5 Å². The lowest BCUT2D eigenvalue weighted by atomic mass is 9.83. The van der Waals surface area contributed by atoms with Crippen molar-refractivity contribution in [2.75, 3.05) is 32.3 Å². The molecular formula is C30H33N3O6. The Morgan fingerprint density at radius 3 is 2.18 bits per heavy atom. The molecule has 2 heterocycles. The van der Waals surface area contributed by atoms with Crippen molar-refractivity contribution in [2.45, 2.75) is 32.0 Å². The number of methoxy groups -OCH3 is 2. The van der Waals surface area contributed by atoms with Crippen LogP contribution in [-0.2, 0) is 9.53 Å². The number of carbonyl (C=O) groups excluding carboxylic acids is 2. The Bertz CT molecular complexity index is 1330. The van der Waals surface area contributed by atoms with Crippen molar-refractivity contribution >= 4 is 17.6 Å². The van der Waals surface area contributed by atoms with Crippen LogP contribution in [0.5, 0.6) is 17.2 Å². The van der Waals surface area contributed by atoms with Gasteiger partial charge in [-0.15, -0.1) is 0 Å². The molecular weight excluding hydrogens is 498 g/mol. The predicted molar refractivity (Wildman–Crippen MR) is 146 cm³/mol. The number of ether oxygens (including phenoxy) is 4. The highest BCUT2D eigenvalue weighted by Gasteiger charge is 2.56. The third-order valence-electron chi connectivity index (χ3n) is 7.27. The Labute approximate surface area is 228 Å². The van der Waals surface area contributed by atoms with Crippen LogP contribution in [0.2, 0.25) is 0 Å². The third-order valence-corrected chi connectivity index (χ3v) is 7.27. The first-order chi connectivity index (χ1) is 19.0. The number of amides is 1. The number of benzene rings is 3. The fraction of sp³-hybridized carbons (Fsp3) is 0.333. The van der Waals surface area contributed by atoms with Crippen molar-refractivity contribution in [1.82, 2.24) is 10.9 Å². The number of anilines is 1. The SMILES string of the molecule is CCOC(=O)c1ccc(N2C(=O)C3NNC(c4ccc(OCC)cc4)C3C2c2cc(OC)ccc2OC)cc1. The smallest absolute Gasteiger partial charge is 0.338 e. The van der Waals surface area contributed by atoms with Gasteiger partial charge >= 0.3 is 5.97 Å². The van der Waals surface area contributed by atoms with Crippen LogP contribution in [0.1, 0.15) is 47.4 Å². The summed E-state index contributed by atoms with van der Waals surface area (Å²) in [4.78, 5) is 28.0. The number of carbonyl (C=O) groups is 2. The number of hydrogen-bond donors (Lipinski definition) is 2. The molecule has 9 heteroatoms. The number of fused-ring (bicyclic) bond motifs is 1. The Morgan fingerprint density at radius 1 is 0.846 bits per heavy atom. The van der Waals surface area contributed by atoms with Crippen molar-refractivity contribution in [1.29, 1.82) is 0 Å². The highest BCUT2D eigenvalue weighted by atomic mass is 16.5. The predicted octanol–water partition coefficient (Wildman–Crippen LogP) is 4.20. The second kappa shape index (κ2) is 11.3. The van der Waals surface area contributed by atoms with Gasteiger partial charge in [-0.25, -0.2) is 15.6 Å². The summed E-state index contributed by atoms with van der Waals surface area (Å²) in [5, 5.41) is 0. The van der Waals surface area contributed by atoms with E-state index in [2.05, 4.69) is 10.9 Å². The molecule has 0 radical (unpaired) electrons. The Balaban J connectivity index is 1.60. The Kier molecular flexibility index (Phi) is 7.72. The molecule has 1 amide bonds. The molecule has 204 valence electrons. The van der Waals surface area contributed by atoms with E-state index in [0.717, 1.165) is 16.9 Å². The zero-order chi connectivity index (χ0) is 27.5. The van der Waals surface area contributed by atoms with E-state index < -0.39 is 18.1 Å². The van der Waals surface area contributed by atoms with Gasteiger partial charge < -0.3 is 23.8 Å². The highest BCUT2D eigenvalue weighted by molar-refractivity contribution is 6.02. The molecule has 2 fully saturated rings. The molecule has 0 saturated carbocycles. The standard InChI is InChI=1S/C30H33N3O6/c1-5-38-21-13-9-18(10-14-21)26-25-27(32-31-26)29(34)33(20-11-7-19(8-12-20)30(35)39-6-2)28(25)23-17-22(36-3)15-16-24(23)37-4/h7-17,25-28,31-32H,5-6H2,1-4H3. The van der Waals surface area contributed by atoms with Crippen molar-refractivity contribution in [3.8, 4) is 17.2 Å². The maximum atomic E-state index is 14.0. The highest BCUT2D eigenvalue weighted by Crippen LogP contribution is 2.51.